The lowest BCUT2D eigenvalue weighted by Gasteiger charge is -2.45. The Labute approximate surface area is 93.9 Å². The molecule has 1 aliphatic rings. The summed E-state index contributed by atoms with van der Waals surface area (Å²) in [6, 6.07) is 0. The first-order valence-electron chi connectivity index (χ1n) is 5.87. The van der Waals surface area contributed by atoms with Gasteiger partial charge in [0.2, 0.25) is 0 Å². The summed E-state index contributed by atoms with van der Waals surface area (Å²) in [5, 5.41) is 10.2. The van der Waals surface area contributed by atoms with E-state index in [-0.39, 0.29) is 11.5 Å². The van der Waals surface area contributed by atoms with Crippen molar-refractivity contribution in [1.82, 2.24) is 0 Å². The first-order valence-corrected chi connectivity index (χ1v) is 5.87. The smallest absolute Gasteiger partial charge is 0.0613 e. The quantitative estimate of drug-likeness (QED) is 0.703. The van der Waals surface area contributed by atoms with E-state index in [0.717, 1.165) is 6.42 Å². The molecule has 86 valence electrons. The second-order valence-corrected chi connectivity index (χ2v) is 5.44. The summed E-state index contributed by atoms with van der Waals surface area (Å²) in [5.74, 6) is 0.902. The third kappa shape index (κ3) is 2.34. The van der Waals surface area contributed by atoms with Gasteiger partial charge in [0.1, 0.15) is 0 Å². The molecule has 1 N–H and O–H groups in total. The van der Waals surface area contributed by atoms with E-state index in [9.17, 15) is 5.11 Å². The maximum Gasteiger partial charge on any atom is 0.0613 e. The molecule has 1 heteroatoms. The monoisotopic (exact) mass is 208 g/mol. The average Bonchev–Trinajstić information content (AvgIpc) is 2.12. The van der Waals surface area contributed by atoms with Crippen molar-refractivity contribution in [3.63, 3.8) is 0 Å². The Kier molecular flexibility index (Phi) is 3.77. The van der Waals surface area contributed by atoms with Crippen molar-refractivity contribution in [3.05, 3.63) is 24.3 Å². The van der Waals surface area contributed by atoms with E-state index in [0.29, 0.717) is 18.3 Å². The van der Waals surface area contributed by atoms with Crippen LogP contribution in [0.5, 0.6) is 0 Å². The van der Waals surface area contributed by atoms with Crippen LogP contribution in [0.3, 0.4) is 0 Å². The normalized spacial score (nSPS) is 31.9. The molecule has 1 aliphatic carbocycles. The second-order valence-electron chi connectivity index (χ2n) is 5.44. The van der Waals surface area contributed by atoms with Gasteiger partial charge < -0.3 is 5.11 Å². The largest absolute Gasteiger partial charge is 0.392 e. The van der Waals surface area contributed by atoms with Crippen LogP contribution in [0.25, 0.3) is 0 Å². The van der Waals surface area contributed by atoms with Crippen LogP contribution in [0, 0.1) is 17.3 Å². The van der Waals surface area contributed by atoms with Crippen LogP contribution in [0.4, 0.5) is 0 Å². The van der Waals surface area contributed by atoms with Gasteiger partial charge in [-0.15, -0.1) is 6.58 Å². The molecule has 0 aromatic rings. The summed E-state index contributed by atoms with van der Waals surface area (Å²) in [6.45, 7) is 12.6. The molecule has 1 rings (SSSR count). The molecule has 0 spiro atoms. The molecule has 0 saturated heterocycles. The molecule has 0 fully saturated rings. The second kappa shape index (κ2) is 4.52. The van der Waals surface area contributed by atoms with Crippen molar-refractivity contribution in [2.45, 2.75) is 46.6 Å². The zero-order valence-electron chi connectivity index (χ0n) is 10.5. The third-order valence-corrected chi connectivity index (χ3v) is 4.08. The van der Waals surface area contributed by atoms with Crippen LogP contribution in [0.15, 0.2) is 24.3 Å². The van der Waals surface area contributed by atoms with Gasteiger partial charge in [0.15, 0.2) is 0 Å². The standard InChI is InChI=1S/C14H24O/c1-6-7-12(15)13-10(2)8-9-11(3)14(13,4)5/h6,9-10,12-13,15H,1,7-8H2,2-5H3. The molecule has 1 nitrogen and oxygen atoms in total. The fourth-order valence-electron chi connectivity index (χ4n) is 2.92. The van der Waals surface area contributed by atoms with Crippen molar-refractivity contribution in [2.24, 2.45) is 17.3 Å². The highest BCUT2D eigenvalue weighted by molar-refractivity contribution is 5.17. The van der Waals surface area contributed by atoms with Crippen LogP contribution in [-0.4, -0.2) is 11.2 Å². The summed E-state index contributed by atoms with van der Waals surface area (Å²) in [4.78, 5) is 0. The number of allylic oxidation sites excluding steroid dienone is 2. The van der Waals surface area contributed by atoms with Gasteiger partial charge in [-0.25, -0.2) is 0 Å². The van der Waals surface area contributed by atoms with Gasteiger partial charge in [0.05, 0.1) is 6.10 Å². The van der Waals surface area contributed by atoms with Crippen LogP contribution >= 0.6 is 0 Å². The van der Waals surface area contributed by atoms with Gasteiger partial charge in [0, 0.05) is 0 Å². The topological polar surface area (TPSA) is 20.2 Å². The maximum absolute atomic E-state index is 10.2. The van der Waals surface area contributed by atoms with Gasteiger partial charge in [-0.3, -0.25) is 0 Å². The molecule has 3 unspecified atom stereocenters. The SMILES string of the molecule is C=CCC(O)C1C(C)CC=C(C)C1(C)C. The highest BCUT2D eigenvalue weighted by Gasteiger charge is 2.41. The summed E-state index contributed by atoms with van der Waals surface area (Å²) >= 11 is 0. The van der Waals surface area contributed by atoms with Crippen LogP contribution < -0.4 is 0 Å². The third-order valence-electron chi connectivity index (χ3n) is 4.08. The fraction of sp³-hybridized carbons (Fsp3) is 0.714. The number of rotatable bonds is 3. The summed E-state index contributed by atoms with van der Waals surface area (Å²) in [7, 11) is 0. The number of aliphatic hydroxyl groups excluding tert-OH is 1. The van der Waals surface area contributed by atoms with Gasteiger partial charge in [0.25, 0.3) is 0 Å². The molecular formula is C14H24O. The summed E-state index contributed by atoms with van der Waals surface area (Å²) < 4.78 is 0. The van der Waals surface area contributed by atoms with Crippen molar-refractivity contribution in [1.29, 1.82) is 0 Å². The van der Waals surface area contributed by atoms with E-state index < -0.39 is 0 Å². The minimum Gasteiger partial charge on any atom is -0.392 e. The Balaban J connectivity index is 2.93. The number of aliphatic hydroxyl groups is 1. The minimum absolute atomic E-state index is 0.111. The fourth-order valence-corrected chi connectivity index (χ4v) is 2.92. The molecule has 0 amide bonds. The molecular weight excluding hydrogens is 184 g/mol. The van der Waals surface area contributed by atoms with Crippen molar-refractivity contribution < 1.29 is 5.11 Å². The molecule has 0 aromatic heterocycles. The minimum atomic E-state index is -0.254. The molecule has 0 bridgehead atoms. The Morgan fingerprint density at radius 3 is 2.80 bits per heavy atom. The first-order chi connectivity index (χ1) is 6.91. The Morgan fingerprint density at radius 2 is 2.27 bits per heavy atom. The highest BCUT2D eigenvalue weighted by atomic mass is 16.3. The van der Waals surface area contributed by atoms with Crippen LogP contribution in [0.2, 0.25) is 0 Å². The number of hydrogen-bond donors (Lipinski definition) is 1. The lowest BCUT2D eigenvalue weighted by atomic mass is 9.61. The lowest BCUT2D eigenvalue weighted by molar-refractivity contribution is 0.0129. The van der Waals surface area contributed by atoms with E-state index in [1.54, 1.807) is 0 Å². The Hall–Kier alpha value is -0.560. The molecule has 0 aliphatic heterocycles. The van der Waals surface area contributed by atoms with E-state index >= 15 is 0 Å². The Bertz CT molecular complexity index is 263. The molecule has 0 heterocycles. The van der Waals surface area contributed by atoms with E-state index in [4.69, 9.17) is 0 Å². The molecule has 3 atom stereocenters. The van der Waals surface area contributed by atoms with Crippen LogP contribution in [-0.2, 0) is 0 Å². The average molecular weight is 208 g/mol. The maximum atomic E-state index is 10.2. The molecule has 15 heavy (non-hydrogen) atoms. The Morgan fingerprint density at radius 1 is 1.67 bits per heavy atom. The van der Waals surface area contributed by atoms with Crippen LogP contribution in [0.1, 0.15) is 40.5 Å². The molecule has 0 saturated carbocycles. The highest BCUT2D eigenvalue weighted by Crippen LogP contribution is 2.46. The van der Waals surface area contributed by atoms with Crippen molar-refractivity contribution in [2.75, 3.05) is 0 Å². The lowest BCUT2D eigenvalue weighted by Crippen LogP contribution is -2.41. The zero-order valence-corrected chi connectivity index (χ0v) is 10.5. The van der Waals surface area contributed by atoms with Crippen molar-refractivity contribution in [3.8, 4) is 0 Å². The van der Waals surface area contributed by atoms with Gasteiger partial charge >= 0.3 is 0 Å². The van der Waals surface area contributed by atoms with Crippen molar-refractivity contribution >= 4 is 0 Å². The van der Waals surface area contributed by atoms with E-state index in [2.05, 4.69) is 40.3 Å². The van der Waals surface area contributed by atoms with E-state index in [1.165, 1.54) is 5.57 Å². The molecule has 0 radical (unpaired) electrons. The molecule has 0 aromatic carbocycles. The summed E-state index contributed by atoms with van der Waals surface area (Å²) in [5.41, 5.74) is 1.52. The predicted molar refractivity (Wildman–Crippen MR) is 65.6 cm³/mol. The van der Waals surface area contributed by atoms with E-state index in [1.807, 2.05) is 6.08 Å². The van der Waals surface area contributed by atoms with Gasteiger partial charge in [-0.1, -0.05) is 38.5 Å². The van der Waals surface area contributed by atoms with Gasteiger partial charge in [-0.2, -0.15) is 0 Å². The summed E-state index contributed by atoms with van der Waals surface area (Å²) in [6.07, 6.45) is 5.68. The van der Waals surface area contributed by atoms with Gasteiger partial charge in [-0.05, 0) is 37.0 Å². The zero-order chi connectivity index (χ0) is 11.6. The predicted octanol–water partition coefficient (Wildman–Crippen LogP) is 3.55. The number of hydrogen-bond acceptors (Lipinski definition) is 1. The first kappa shape index (κ1) is 12.5.